The van der Waals surface area contributed by atoms with Crippen LogP contribution in [0.4, 0.5) is 5.69 Å². The molecule has 2 N–H and O–H groups in total. The number of allylic oxidation sites excluding steroid dienone is 1. The summed E-state index contributed by atoms with van der Waals surface area (Å²) in [6.07, 6.45) is 3.56. The molecule has 1 aliphatic rings. The molecule has 0 amide bonds. The Hall–Kier alpha value is -2.19. The van der Waals surface area contributed by atoms with Crippen molar-refractivity contribution >= 4 is 15.7 Å². The molecule has 0 bridgehead atoms. The summed E-state index contributed by atoms with van der Waals surface area (Å²) in [5, 5.41) is 11.0. The number of nitrogens with two attached hydrogens (primary N) is 1. The molecule has 0 aliphatic carbocycles. The minimum Gasteiger partial charge on any atom is -0.328 e. The standard InChI is InChI=1S/C13H15N3O4S/c1-10-5-4-8-15(12(10)9-14)21(19,20)13-7-3-2-6-11(13)16(17)18/h2-4,6-8,12H,1,5,9,14H2. The van der Waals surface area contributed by atoms with Crippen molar-refractivity contribution in [3.63, 3.8) is 0 Å². The van der Waals surface area contributed by atoms with Gasteiger partial charge in [0.1, 0.15) is 0 Å². The molecule has 1 atom stereocenters. The van der Waals surface area contributed by atoms with Gasteiger partial charge in [-0.3, -0.25) is 14.4 Å². The second-order valence-electron chi connectivity index (χ2n) is 4.56. The molecule has 1 unspecified atom stereocenters. The fourth-order valence-electron chi connectivity index (χ4n) is 2.19. The van der Waals surface area contributed by atoms with Gasteiger partial charge in [0.05, 0.1) is 11.0 Å². The third-order valence-electron chi connectivity index (χ3n) is 3.25. The summed E-state index contributed by atoms with van der Waals surface area (Å²) in [6, 6.07) is 4.64. The van der Waals surface area contributed by atoms with Crippen LogP contribution in [0, 0.1) is 10.1 Å². The van der Waals surface area contributed by atoms with Crippen LogP contribution in [0.1, 0.15) is 6.42 Å². The molecule has 0 saturated heterocycles. The topological polar surface area (TPSA) is 107 Å². The molecule has 1 aromatic rings. The average Bonchev–Trinajstić information content (AvgIpc) is 2.46. The first-order valence-electron chi connectivity index (χ1n) is 6.21. The van der Waals surface area contributed by atoms with E-state index < -0.39 is 26.7 Å². The van der Waals surface area contributed by atoms with Gasteiger partial charge in [-0.2, -0.15) is 0 Å². The number of benzene rings is 1. The lowest BCUT2D eigenvalue weighted by Gasteiger charge is -2.32. The largest absolute Gasteiger partial charge is 0.328 e. The van der Waals surface area contributed by atoms with E-state index in [-0.39, 0.29) is 11.4 Å². The normalized spacial score (nSPS) is 18.8. The maximum Gasteiger partial charge on any atom is 0.289 e. The van der Waals surface area contributed by atoms with Crippen molar-refractivity contribution in [1.29, 1.82) is 0 Å². The van der Waals surface area contributed by atoms with Gasteiger partial charge in [0, 0.05) is 18.8 Å². The number of nitro groups is 1. The first kappa shape index (κ1) is 15.2. The highest BCUT2D eigenvalue weighted by atomic mass is 32.2. The zero-order valence-corrected chi connectivity index (χ0v) is 12.0. The maximum atomic E-state index is 12.7. The molecule has 7 nitrogen and oxygen atoms in total. The fraction of sp³-hybridized carbons (Fsp3) is 0.231. The zero-order valence-electron chi connectivity index (χ0n) is 11.2. The lowest BCUT2D eigenvalue weighted by molar-refractivity contribution is -0.387. The molecule has 0 fully saturated rings. The Morgan fingerprint density at radius 3 is 2.71 bits per heavy atom. The molecular weight excluding hydrogens is 294 g/mol. The average molecular weight is 309 g/mol. The van der Waals surface area contributed by atoms with Crippen molar-refractivity contribution < 1.29 is 13.3 Å². The molecule has 0 saturated carbocycles. The summed E-state index contributed by atoms with van der Waals surface area (Å²) in [7, 11) is -4.07. The number of sulfonamides is 1. The van der Waals surface area contributed by atoms with Crippen LogP contribution < -0.4 is 5.73 Å². The number of para-hydroxylation sites is 1. The minimum absolute atomic E-state index is 0.0586. The molecule has 0 aromatic heterocycles. The number of hydrogen-bond donors (Lipinski definition) is 1. The third-order valence-corrected chi connectivity index (χ3v) is 5.08. The van der Waals surface area contributed by atoms with Gasteiger partial charge in [-0.1, -0.05) is 24.8 Å². The van der Waals surface area contributed by atoms with Crippen molar-refractivity contribution in [3.8, 4) is 0 Å². The predicted molar refractivity (Wildman–Crippen MR) is 77.9 cm³/mol. The van der Waals surface area contributed by atoms with E-state index in [1.54, 1.807) is 6.08 Å². The lowest BCUT2D eigenvalue weighted by Crippen LogP contribution is -2.43. The van der Waals surface area contributed by atoms with E-state index >= 15 is 0 Å². The van der Waals surface area contributed by atoms with E-state index in [2.05, 4.69) is 6.58 Å². The summed E-state index contributed by atoms with van der Waals surface area (Å²) in [5.74, 6) is 0. The molecule has 112 valence electrons. The molecule has 0 spiro atoms. The Bertz CT molecular complexity index is 712. The summed E-state index contributed by atoms with van der Waals surface area (Å²) < 4.78 is 26.4. The van der Waals surface area contributed by atoms with Gasteiger partial charge in [0.2, 0.25) is 0 Å². The van der Waals surface area contributed by atoms with Gasteiger partial charge in [0.15, 0.2) is 4.90 Å². The van der Waals surface area contributed by atoms with Crippen LogP contribution in [0.2, 0.25) is 0 Å². The smallest absolute Gasteiger partial charge is 0.289 e. The van der Waals surface area contributed by atoms with Gasteiger partial charge in [-0.25, -0.2) is 8.42 Å². The van der Waals surface area contributed by atoms with Crippen LogP contribution in [0.25, 0.3) is 0 Å². The maximum absolute atomic E-state index is 12.7. The summed E-state index contributed by atoms with van der Waals surface area (Å²) in [4.78, 5) is 9.96. The molecule has 2 rings (SSSR count). The van der Waals surface area contributed by atoms with Gasteiger partial charge in [-0.05, 0) is 18.1 Å². The Morgan fingerprint density at radius 1 is 1.43 bits per heavy atom. The Balaban J connectivity index is 2.57. The third kappa shape index (κ3) is 2.67. The Kier molecular flexibility index (Phi) is 4.10. The first-order valence-corrected chi connectivity index (χ1v) is 7.65. The second kappa shape index (κ2) is 5.66. The highest BCUT2D eigenvalue weighted by molar-refractivity contribution is 7.89. The summed E-state index contributed by atoms with van der Waals surface area (Å²) in [5.41, 5.74) is 5.82. The quantitative estimate of drug-likeness (QED) is 0.514. The first-order chi connectivity index (χ1) is 9.89. The van der Waals surface area contributed by atoms with E-state index in [0.717, 1.165) is 10.4 Å². The van der Waals surface area contributed by atoms with Crippen molar-refractivity contribution in [2.24, 2.45) is 5.73 Å². The predicted octanol–water partition coefficient (Wildman–Crippen LogP) is 1.39. The molecule has 21 heavy (non-hydrogen) atoms. The molecule has 1 aromatic carbocycles. The monoisotopic (exact) mass is 309 g/mol. The highest BCUT2D eigenvalue weighted by Crippen LogP contribution is 2.31. The van der Waals surface area contributed by atoms with Crippen molar-refractivity contribution in [1.82, 2.24) is 4.31 Å². The zero-order chi connectivity index (χ0) is 15.6. The van der Waals surface area contributed by atoms with Crippen LogP contribution in [0.5, 0.6) is 0 Å². The highest BCUT2D eigenvalue weighted by Gasteiger charge is 2.35. The van der Waals surface area contributed by atoms with Crippen molar-refractivity contribution in [2.45, 2.75) is 17.4 Å². The van der Waals surface area contributed by atoms with Crippen LogP contribution in [-0.4, -0.2) is 30.2 Å². The second-order valence-corrected chi connectivity index (χ2v) is 6.37. The van der Waals surface area contributed by atoms with E-state index in [0.29, 0.717) is 12.0 Å². The van der Waals surface area contributed by atoms with E-state index in [9.17, 15) is 18.5 Å². The van der Waals surface area contributed by atoms with E-state index in [4.69, 9.17) is 5.73 Å². The number of hydrogen-bond acceptors (Lipinski definition) is 5. The summed E-state index contributed by atoms with van der Waals surface area (Å²) in [6.45, 7) is 3.87. The fourth-order valence-corrected chi connectivity index (χ4v) is 3.89. The number of nitrogens with zero attached hydrogens (tertiary/aromatic N) is 2. The summed E-state index contributed by atoms with van der Waals surface area (Å²) >= 11 is 0. The van der Waals surface area contributed by atoms with Crippen molar-refractivity contribution in [2.75, 3.05) is 6.54 Å². The van der Waals surface area contributed by atoms with Gasteiger partial charge in [0.25, 0.3) is 15.7 Å². The van der Waals surface area contributed by atoms with E-state index in [1.165, 1.54) is 24.4 Å². The molecule has 8 heteroatoms. The SMILES string of the molecule is C=C1CC=CN(S(=O)(=O)c2ccccc2[N+](=O)[O-])C1CN. The van der Waals surface area contributed by atoms with Crippen LogP contribution in [0.15, 0.2) is 53.6 Å². The van der Waals surface area contributed by atoms with Crippen molar-refractivity contribution in [3.05, 3.63) is 58.8 Å². The minimum atomic E-state index is -4.07. The number of nitro benzene ring substituents is 1. The molecule has 1 aliphatic heterocycles. The van der Waals surface area contributed by atoms with Crippen LogP contribution in [-0.2, 0) is 10.0 Å². The van der Waals surface area contributed by atoms with Gasteiger partial charge >= 0.3 is 0 Å². The van der Waals surface area contributed by atoms with Crippen LogP contribution in [0.3, 0.4) is 0 Å². The van der Waals surface area contributed by atoms with E-state index in [1.807, 2.05) is 0 Å². The lowest BCUT2D eigenvalue weighted by atomic mass is 10.0. The van der Waals surface area contributed by atoms with Gasteiger partial charge < -0.3 is 5.73 Å². The molecule has 1 heterocycles. The Labute approximate surface area is 122 Å². The molecule has 0 radical (unpaired) electrons. The Morgan fingerprint density at radius 2 is 2.10 bits per heavy atom. The van der Waals surface area contributed by atoms with Crippen LogP contribution >= 0.6 is 0 Å². The number of rotatable bonds is 4. The van der Waals surface area contributed by atoms with Gasteiger partial charge in [-0.15, -0.1) is 0 Å². The molecular formula is C13H15N3O4S.